The fourth-order valence-electron chi connectivity index (χ4n) is 1.59. The van der Waals surface area contributed by atoms with E-state index in [4.69, 9.17) is 11.6 Å². The van der Waals surface area contributed by atoms with Gasteiger partial charge in [-0.25, -0.2) is 4.39 Å². The van der Waals surface area contributed by atoms with Crippen LogP contribution in [0.1, 0.15) is 32.3 Å². The maximum absolute atomic E-state index is 12.8. The third-order valence-electron chi connectivity index (χ3n) is 2.60. The SMILES string of the molecule is CCCNC(C)CCc1ccc(F)cc1Cl. The maximum atomic E-state index is 12.8. The van der Waals surface area contributed by atoms with Crippen LogP contribution in [0, 0.1) is 5.82 Å². The van der Waals surface area contributed by atoms with Crippen LogP contribution in [-0.2, 0) is 6.42 Å². The normalized spacial score (nSPS) is 12.8. The Hall–Kier alpha value is -0.600. The van der Waals surface area contributed by atoms with Gasteiger partial charge >= 0.3 is 0 Å². The van der Waals surface area contributed by atoms with Crippen molar-refractivity contribution in [2.24, 2.45) is 0 Å². The topological polar surface area (TPSA) is 12.0 Å². The van der Waals surface area contributed by atoms with Gasteiger partial charge in [-0.2, -0.15) is 0 Å². The number of hydrogen-bond donors (Lipinski definition) is 1. The van der Waals surface area contributed by atoms with Crippen LogP contribution in [0.4, 0.5) is 4.39 Å². The molecule has 0 saturated heterocycles. The first kappa shape index (κ1) is 13.5. The summed E-state index contributed by atoms with van der Waals surface area (Å²) in [4.78, 5) is 0. The van der Waals surface area contributed by atoms with E-state index in [1.165, 1.54) is 12.1 Å². The van der Waals surface area contributed by atoms with Crippen LogP contribution >= 0.6 is 11.6 Å². The fraction of sp³-hybridized carbons (Fsp3) is 0.538. The van der Waals surface area contributed by atoms with Gasteiger partial charge in [0.1, 0.15) is 5.82 Å². The molecule has 1 aromatic rings. The van der Waals surface area contributed by atoms with Gasteiger partial charge in [0.2, 0.25) is 0 Å². The predicted octanol–water partition coefficient (Wildman–Crippen LogP) is 3.80. The summed E-state index contributed by atoms with van der Waals surface area (Å²) in [6, 6.07) is 5.08. The number of halogens is 2. The first-order valence-corrected chi connectivity index (χ1v) is 6.18. The van der Waals surface area contributed by atoms with Gasteiger partial charge in [-0.05, 0) is 50.4 Å². The zero-order valence-corrected chi connectivity index (χ0v) is 10.6. The van der Waals surface area contributed by atoms with Crippen LogP contribution in [0.25, 0.3) is 0 Å². The number of rotatable bonds is 6. The Morgan fingerprint density at radius 2 is 2.19 bits per heavy atom. The van der Waals surface area contributed by atoms with Crippen LogP contribution in [0.15, 0.2) is 18.2 Å². The predicted molar refractivity (Wildman–Crippen MR) is 67.5 cm³/mol. The molecule has 1 N–H and O–H groups in total. The second-order valence-corrected chi connectivity index (χ2v) is 4.54. The zero-order chi connectivity index (χ0) is 12.0. The minimum atomic E-state index is -0.272. The van der Waals surface area contributed by atoms with Crippen molar-refractivity contribution in [1.29, 1.82) is 0 Å². The number of nitrogens with one attached hydrogen (secondary N) is 1. The van der Waals surface area contributed by atoms with Gasteiger partial charge in [-0.1, -0.05) is 24.6 Å². The van der Waals surface area contributed by atoms with Gasteiger partial charge in [0.25, 0.3) is 0 Å². The summed E-state index contributed by atoms with van der Waals surface area (Å²) < 4.78 is 12.8. The molecule has 0 heterocycles. The van der Waals surface area contributed by atoms with E-state index in [1.54, 1.807) is 6.07 Å². The van der Waals surface area contributed by atoms with Gasteiger partial charge in [-0.15, -0.1) is 0 Å². The Balaban J connectivity index is 2.42. The Morgan fingerprint density at radius 3 is 2.81 bits per heavy atom. The van der Waals surface area contributed by atoms with Crippen molar-refractivity contribution in [3.8, 4) is 0 Å². The molecule has 0 radical (unpaired) electrons. The molecule has 1 nitrogen and oxygen atoms in total. The average molecular weight is 244 g/mol. The Kier molecular flexibility index (Phi) is 5.78. The van der Waals surface area contributed by atoms with Crippen molar-refractivity contribution in [3.05, 3.63) is 34.6 Å². The molecule has 16 heavy (non-hydrogen) atoms. The lowest BCUT2D eigenvalue weighted by atomic mass is 10.1. The van der Waals surface area contributed by atoms with Crippen LogP contribution in [0.3, 0.4) is 0 Å². The molecule has 0 fully saturated rings. The number of hydrogen-bond acceptors (Lipinski definition) is 1. The molecule has 0 bridgehead atoms. The highest BCUT2D eigenvalue weighted by molar-refractivity contribution is 6.31. The highest BCUT2D eigenvalue weighted by atomic mass is 35.5. The molecular weight excluding hydrogens is 225 g/mol. The minimum Gasteiger partial charge on any atom is -0.314 e. The molecule has 0 aliphatic heterocycles. The molecule has 0 saturated carbocycles. The summed E-state index contributed by atoms with van der Waals surface area (Å²) in [5.41, 5.74) is 1.02. The van der Waals surface area contributed by atoms with Crippen LogP contribution in [0.5, 0.6) is 0 Å². The quantitative estimate of drug-likeness (QED) is 0.802. The fourth-order valence-corrected chi connectivity index (χ4v) is 1.85. The molecule has 0 aliphatic carbocycles. The summed E-state index contributed by atoms with van der Waals surface area (Å²) >= 11 is 5.96. The molecule has 0 aliphatic rings. The highest BCUT2D eigenvalue weighted by Crippen LogP contribution is 2.19. The monoisotopic (exact) mass is 243 g/mol. The van der Waals surface area contributed by atoms with Gasteiger partial charge < -0.3 is 5.32 Å². The van der Waals surface area contributed by atoms with Crippen LogP contribution in [0.2, 0.25) is 5.02 Å². The molecular formula is C13H19ClFN. The second-order valence-electron chi connectivity index (χ2n) is 4.13. The Bertz CT molecular complexity index is 328. The largest absolute Gasteiger partial charge is 0.314 e. The summed E-state index contributed by atoms with van der Waals surface area (Å²) in [6.45, 7) is 5.35. The molecule has 1 unspecified atom stereocenters. The Morgan fingerprint density at radius 1 is 1.44 bits per heavy atom. The smallest absolute Gasteiger partial charge is 0.124 e. The van der Waals surface area contributed by atoms with E-state index in [9.17, 15) is 4.39 Å². The van der Waals surface area contributed by atoms with E-state index in [0.29, 0.717) is 11.1 Å². The second kappa shape index (κ2) is 6.87. The van der Waals surface area contributed by atoms with Gasteiger partial charge in [0.05, 0.1) is 0 Å². The molecule has 1 aromatic carbocycles. The summed E-state index contributed by atoms with van der Waals surface area (Å²) in [5.74, 6) is -0.272. The van der Waals surface area contributed by atoms with Crippen molar-refractivity contribution >= 4 is 11.6 Å². The number of aryl methyl sites for hydroxylation is 1. The van der Waals surface area contributed by atoms with Crippen molar-refractivity contribution in [1.82, 2.24) is 5.32 Å². The van der Waals surface area contributed by atoms with Crippen molar-refractivity contribution in [2.45, 2.75) is 39.2 Å². The minimum absolute atomic E-state index is 0.272. The summed E-state index contributed by atoms with van der Waals surface area (Å²) in [7, 11) is 0. The van der Waals surface area contributed by atoms with E-state index in [0.717, 1.165) is 31.4 Å². The Labute approximate surface area is 102 Å². The van der Waals surface area contributed by atoms with Crippen molar-refractivity contribution in [2.75, 3.05) is 6.54 Å². The lowest BCUT2D eigenvalue weighted by Crippen LogP contribution is -2.27. The molecule has 90 valence electrons. The third-order valence-corrected chi connectivity index (χ3v) is 2.96. The van der Waals surface area contributed by atoms with E-state index in [2.05, 4.69) is 19.2 Å². The molecule has 0 amide bonds. The lowest BCUT2D eigenvalue weighted by molar-refractivity contribution is 0.513. The molecule has 0 spiro atoms. The third kappa shape index (κ3) is 4.50. The molecule has 3 heteroatoms. The standard InChI is InChI=1S/C13H19ClFN/c1-3-8-16-10(2)4-5-11-6-7-12(15)9-13(11)14/h6-7,9-10,16H,3-5,8H2,1-2H3. The molecule has 1 atom stereocenters. The van der Waals surface area contributed by atoms with Crippen molar-refractivity contribution < 1.29 is 4.39 Å². The first-order valence-electron chi connectivity index (χ1n) is 5.80. The average Bonchev–Trinajstić information content (AvgIpc) is 2.25. The highest BCUT2D eigenvalue weighted by Gasteiger charge is 2.05. The van der Waals surface area contributed by atoms with Gasteiger partial charge in [0.15, 0.2) is 0 Å². The van der Waals surface area contributed by atoms with Gasteiger partial charge in [0, 0.05) is 11.1 Å². The van der Waals surface area contributed by atoms with Crippen molar-refractivity contribution in [3.63, 3.8) is 0 Å². The summed E-state index contributed by atoms with van der Waals surface area (Å²) in [5, 5.41) is 3.95. The summed E-state index contributed by atoms with van der Waals surface area (Å²) in [6.07, 6.45) is 3.05. The van der Waals surface area contributed by atoms with E-state index in [-0.39, 0.29) is 5.82 Å². The first-order chi connectivity index (χ1) is 7.63. The van der Waals surface area contributed by atoms with Crippen LogP contribution < -0.4 is 5.32 Å². The van der Waals surface area contributed by atoms with E-state index >= 15 is 0 Å². The van der Waals surface area contributed by atoms with E-state index in [1.807, 2.05) is 0 Å². The zero-order valence-electron chi connectivity index (χ0n) is 9.89. The lowest BCUT2D eigenvalue weighted by Gasteiger charge is -2.13. The maximum Gasteiger partial charge on any atom is 0.124 e. The van der Waals surface area contributed by atoms with Crippen LogP contribution in [-0.4, -0.2) is 12.6 Å². The number of benzene rings is 1. The molecule has 1 rings (SSSR count). The van der Waals surface area contributed by atoms with Gasteiger partial charge in [-0.3, -0.25) is 0 Å². The molecule has 0 aromatic heterocycles. The van der Waals surface area contributed by atoms with E-state index < -0.39 is 0 Å².